The van der Waals surface area contributed by atoms with Crippen molar-refractivity contribution >= 4 is 5.82 Å². The Morgan fingerprint density at radius 2 is 1.85 bits per heavy atom. The zero-order valence-corrected chi connectivity index (χ0v) is 12.2. The van der Waals surface area contributed by atoms with Crippen molar-refractivity contribution in [1.82, 2.24) is 9.97 Å². The molecule has 20 heavy (non-hydrogen) atoms. The first-order valence-electron chi connectivity index (χ1n) is 6.51. The number of nitrogens with one attached hydrogen (secondary N) is 1. The number of methoxy groups -OCH3 is 1. The van der Waals surface area contributed by atoms with Crippen LogP contribution < -0.4 is 14.8 Å². The third-order valence-corrected chi connectivity index (χ3v) is 2.76. The lowest BCUT2D eigenvalue weighted by molar-refractivity contribution is 0.407. The molecule has 0 bridgehead atoms. The van der Waals surface area contributed by atoms with Crippen LogP contribution in [0.15, 0.2) is 30.3 Å². The van der Waals surface area contributed by atoms with Gasteiger partial charge in [0.15, 0.2) is 0 Å². The molecule has 0 aliphatic heterocycles. The quantitative estimate of drug-likeness (QED) is 0.904. The standard InChI is InChI=1S/C15H19N3O2/c1-10(2)15-17-13(16-3)9-14(18-15)20-12-7-5-6-11(8-12)19-4/h5-10H,1-4H3,(H,16,17,18). The van der Waals surface area contributed by atoms with Gasteiger partial charge in [0.25, 0.3) is 0 Å². The van der Waals surface area contributed by atoms with E-state index in [1.165, 1.54) is 0 Å². The lowest BCUT2D eigenvalue weighted by Gasteiger charge is -2.11. The normalized spacial score (nSPS) is 10.4. The Morgan fingerprint density at radius 3 is 2.50 bits per heavy atom. The zero-order valence-electron chi connectivity index (χ0n) is 12.2. The highest BCUT2D eigenvalue weighted by Crippen LogP contribution is 2.26. The minimum atomic E-state index is 0.232. The van der Waals surface area contributed by atoms with E-state index in [0.29, 0.717) is 11.6 Å². The van der Waals surface area contributed by atoms with Gasteiger partial charge >= 0.3 is 0 Å². The number of rotatable bonds is 5. The second kappa shape index (κ2) is 6.23. The Labute approximate surface area is 119 Å². The first-order valence-corrected chi connectivity index (χ1v) is 6.51. The van der Waals surface area contributed by atoms with Crippen molar-refractivity contribution in [2.24, 2.45) is 0 Å². The van der Waals surface area contributed by atoms with Gasteiger partial charge in [0.2, 0.25) is 5.88 Å². The first-order chi connectivity index (χ1) is 9.62. The molecule has 2 rings (SSSR count). The Kier molecular flexibility index (Phi) is 4.40. The van der Waals surface area contributed by atoms with E-state index in [9.17, 15) is 0 Å². The summed E-state index contributed by atoms with van der Waals surface area (Å²) < 4.78 is 11.0. The van der Waals surface area contributed by atoms with Gasteiger partial charge < -0.3 is 14.8 Å². The van der Waals surface area contributed by atoms with E-state index in [2.05, 4.69) is 15.3 Å². The van der Waals surface area contributed by atoms with Crippen LogP contribution in [0.1, 0.15) is 25.6 Å². The van der Waals surface area contributed by atoms with Crippen molar-refractivity contribution in [2.45, 2.75) is 19.8 Å². The van der Waals surface area contributed by atoms with Crippen molar-refractivity contribution in [1.29, 1.82) is 0 Å². The summed E-state index contributed by atoms with van der Waals surface area (Å²) in [5.74, 6) is 3.66. The van der Waals surface area contributed by atoms with Gasteiger partial charge in [0.1, 0.15) is 23.1 Å². The molecule has 0 radical (unpaired) electrons. The second-order valence-electron chi connectivity index (χ2n) is 4.64. The summed E-state index contributed by atoms with van der Waals surface area (Å²) in [4.78, 5) is 8.82. The van der Waals surface area contributed by atoms with E-state index in [-0.39, 0.29) is 5.92 Å². The lowest BCUT2D eigenvalue weighted by Crippen LogP contribution is -2.03. The van der Waals surface area contributed by atoms with Crippen LogP contribution in [-0.4, -0.2) is 24.1 Å². The zero-order chi connectivity index (χ0) is 14.5. The van der Waals surface area contributed by atoms with Crippen molar-refractivity contribution < 1.29 is 9.47 Å². The maximum Gasteiger partial charge on any atom is 0.224 e. The van der Waals surface area contributed by atoms with E-state index in [0.717, 1.165) is 17.4 Å². The molecule has 0 unspecified atom stereocenters. The van der Waals surface area contributed by atoms with Gasteiger partial charge in [-0.15, -0.1) is 0 Å². The molecule has 5 heteroatoms. The van der Waals surface area contributed by atoms with E-state index >= 15 is 0 Å². The summed E-state index contributed by atoms with van der Waals surface area (Å²) in [6, 6.07) is 9.18. The average molecular weight is 273 g/mol. The molecule has 0 spiro atoms. The first kappa shape index (κ1) is 14.1. The molecule has 0 atom stereocenters. The number of hydrogen-bond donors (Lipinski definition) is 1. The fourth-order valence-corrected chi connectivity index (χ4v) is 1.67. The molecule has 0 aliphatic rings. The molecule has 0 aliphatic carbocycles. The van der Waals surface area contributed by atoms with Crippen molar-refractivity contribution in [2.75, 3.05) is 19.5 Å². The van der Waals surface area contributed by atoms with Crippen LogP contribution in [0.4, 0.5) is 5.82 Å². The van der Waals surface area contributed by atoms with E-state index < -0.39 is 0 Å². The molecular weight excluding hydrogens is 254 g/mol. The van der Waals surface area contributed by atoms with Crippen molar-refractivity contribution in [3.8, 4) is 17.4 Å². The minimum absolute atomic E-state index is 0.232. The van der Waals surface area contributed by atoms with Gasteiger partial charge in [-0.25, -0.2) is 4.98 Å². The molecule has 0 fully saturated rings. The average Bonchev–Trinajstić information content (AvgIpc) is 2.47. The largest absolute Gasteiger partial charge is 0.497 e. The van der Waals surface area contributed by atoms with Gasteiger partial charge in [-0.05, 0) is 12.1 Å². The predicted octanol–water partition coefficient (Wildman–Crippen LogP) is 3.44. The summed E-state index contributed by atoms with van der Waals surface area (Å²) in [7, 11) is 3.45. The molecule has 1 heterocycles. The van der Waals surface area contributed by atoms with Crippen LogP contribution in [-0.2, 0) is 0 Å². The Bertz CT molecular complexity index is 585. The maximum atomic E-state index is 5.78. The number of anilines is 1. The lowest BCUT2D eigenvalue weighted by atomic mass is 10.2. The van der Waals surface area contributed by atoms with Gasteiger partial charge in [0.05, 0.1) is 7.11 Å². The molecule has 106 valence electrons. The molecule has 1 aromatic heterocycles. The van der Waals surface area contributed by atoms with Gasteiger partial charge in [-0.1, -0.05) is 19.9 Å². The molecule has 0 saturated carbocycles. The van der Waals surface area contributed by atoms with Gasteiger partial charge in [0, 0.05) is 25.1 Å². The van der Waals surface area contributed by atoms with Crippen molar-refractivity contribution in [3.05, 3.63) is 36.2 Å². The fraction of sp³-hybridized carbons (Fsp3) is 0.333. The summed E-state index contributed by atoms with van der Waals surface area (Å²) in [6.45, 7) is 4.09. The highest BCUT2D eigenvalue weighted by Gasteiger charge is 2.09. The predicted molar refractivity (Wildman–Crippen MR) is 78.7 cm³/mol. The summed E-state index contributed by atoms with van der Waals surface area (Å²) >= 11 is 0. The second-order valence-corrected chi connectivity index (χ2v) is 4.64. The molecule has 0 saturated heterocycles. The van der Waals surface area contributed by atoms with Crippen LogP contribution >= 0.6 is 0 Å². The molecular formula is C15H19N3O2. The molecule has 5 nitrogen and oxygen atoms in total. The Hall–Kier alpha value is -2.30. The van der Waals surface area contributed by atoms with Gasteiger partial charge in [-0.2, -0.15) is 4.98 Å². The van der Waals surface area contributed by atoms with Crippen LogP contribution in [0.5, 0.6) is 17.4 Å². The number of nitrogens with zero attached hydrogens (tertiary/aromatic N) is 2. The summed E-state index contributed by atoms with van der Waals surface area (Å²) in [5, 5.41) is 3.02. The van der Waals surface area contributed by atoms with Gasteiger partial charge in [-0.3, -0.25) is 0 Å². The van der Waals surface area contributed by atoms with Crippen molar-refractivity contribution in [3.63, 3.8) is 0 Å². The number of aromatic nitrogens is 2. The SMILES string of the molecule is CNc1cc(Oc2cccc(OC)c2)nc(C(C)C)n1. The van der Waals surface area contributed by atoms with Crippen LogP contribution in [0.3, 0.4) is 0 Å². The Balaban J connectivity index is 2.29. The van der Waals surface area contributed by atoms with Crippen LogP contribution in [0, 0.1) is 0 Å². The third-order valence-electron chi connectivity index (χ3n) is 2.76. The third kappa shape index (κ3) is 3.38. The molecule has 1 aromatic carbocycles. The monoisotopic (exact) mass is 273 g/mol. The fourth-order valence-electron chi connectivity index (χ4n) is 1.67. The molecule has 1 N–H and O–H groups in total. The highest BCUT2D eigenvalue weighted by molar-refractivity contribution is 5.41. The van der Waals surface area contributed by atoms with Crippen LogP contribution in [0.25, 0.3) is 0 Å². The molecule has 0 amide bonds. The topological polar surface area (TPSA) is 56.3 Å². The summed E-state index contributed by atoms with van der Waals surface area (Å²) in [5.41, 5.74) is 0. The highest BCUT2D eigenvalue weighted by atomic mass is 16.5. The van der Waals surface area contributed by atoms with E-state index in [1.807, 2.05) is 45.2 Å². The smallest absolute Gasteiger partial charge is 0.224 e. The van der Waals surface area contributed by atoms with E-state index in [4.69, 9.17) is 9.47 Å². The molecule has 2 aromatic rings. The maximum absolute atomic E-state index is 5.78. The number of ether oxygens (including phenoxy) is 2. The van der Waals surface area contributed by atoms with E-state index in [1.54, 1.807) is 13.2 Å². The number of hydrogen-bond acceptors (Lipinski definition) is 5. The van der Waals surface area contributed by atoms with Crippen LogP contribution in [0.2, 0.25) is 0 Å². The number of benzene rings is 1. The minimum Gasteiger partial charge on any atom is -0.497 e. The summed E-state index contributed by atoms with van der Waals surface area (Å²) in [6.07, 6.45) is 0. The Morgan fingerprint density at radius 1 is 1.10 bits per heavy atom.